The van der Waals surface area contributed by atoms with E-state index < -0.39 is 22.3 Å². The van der Waals surface area contributed by atoms with Crippen LogP contribution in [0.4, 0.5) is 11.4 Å². The average Bonchev–Trinajstić information content (AvgIpc) is 3.58. The Labute approximate surface area is 276 Å². The molecule has 14 nitrogen and oxygen atoms in total. The van der Waals surface area contributed by atoms with Crippen LogP contribution in [0, 0.1) is 5.41 Å². The number of aromatic nitrogens is 2. The molecule has 0 saturated carbocycles. The normalized spacial score (nSPS) is 16.6. The standard InChI is InChI=1S/C31H29ClN8O6S/c1-40(2)19-12-18(27-35-9-10-36-27)13-20(15-19)44-29-25-30(39-31(38-29)46-23-14-17(26(33)34)5-8-22(23)32)45-24(28(41)37-25)11-16-3-6-21(7-4-16)47(42)43/h3-6,8,12-15,24H,7,9-11H2,1-2H3,(H3,33,34)(H,35,36)(H,37,41). The fourth-order valence-corrected chi connectivity index (χ4v) is 5.44. The summed E-state index contributed by atoms with van der Waals surface area (Å²) in [6, 6.07) is 9.93. The van der Waals surface area contributed by atoms with Gasteiger partial charge in [0.1, 0.15) is 23.2 Å². The number of carbonyl (C=O) groups is 1. The first-order valence-electron chi connectivity index (χ1n) is 14.4. The van der Waals surface area contributed by atoms with E-state index >= 15 is 0 Å². The summed E-state index contributed by atoms with van der Waals surface area (Å²) in [6.45, 7) is 1.38. The van der Waals surface area contributed by atoms with E-state index in [1.54, 1.807) is 30.4 Å². The van der Waals surface area contributed by atoms with Gasteiger partial charge in [0.2, 0.25) is 16.2 Å². The number of nitrogens with one attached hydrogen (secondary N) is 3. The minimum Gasteiger partial charge on any atom is -0.462 e. The second-order valence-corrected chi connectivity index (χ2v) is 12.2. The van der Waals surface area contributed by atoms with E-state index in [9.17, 15) is 13.2 Å². The molecule has 2 aliphatic heterocycles. The number of carbonyl (C=O) groups excluding carboxylic acids is 1. The van der Waals surface area contributed by atoms with Crippen LogP contribution < -0.4 is 35.5 Å². The first-order valence-corrected chi connectivity index (χ1v) is 15.8. The summed E-state index contributed by atoms with van der Waals surface area (Å²) < 4.78 is 40.9. The number of amidine groups is 2. The van der Waals surface area contributed by atoms with Crippen molar-refractivity contribution in [3.8, 4) is 29.3 Å². The summed E-state index contributed by atoms with van der Waals surface area (Å²) in [7, 11) is 1.47. The second-order valence-electron chi connectivity index (χ2n) is 10.8. The number of halogens is 1. The molecule has 1 unspecified atom stereocenters. The van der Waals surface area contributed by atoms with Crippen molar-refractivity contribution in [2.45, 2.75) is 18.9 Å². The molecule has 3 aliphatic rings. The van der Waals surface area contributed by atoms with Gasteiger partial charge in [0.05, 0.1) is 16.4 Å². The van der Waals surface area contributed by atoms with Gasteiger partial charge < -0.3 is 35.5 Å². The van der Waals surface area contributed by atoms with Crippen molar-refractivity contribution in [3.63, 3.8) is 0 Å². The maximum Gasteiger partial charge on any atom is 0.328 e. The Morgan fingerprint density at radius 2 is 2.00 bits per heavy atom. The van der Waals surface area contributed by atoms with Crippen molar-refractivity contribution in [1.29, 1.82) is 5.41 Å². The molecule has 0 fully saturated rings. The molecule has 1 aromatic heterocycles. The molecule has 1 amide bonds. The van der Waals surface area contributed by atoms with Gasteiger partial charge >= 0.3 is 6.01 Å². The molecule has 2 aromatic carbocycles. The number of nitrogens with two attached hydrogens (primary N) is 1. The lowest BCUT2D eigenvalue weighted by atomic mass is 10.0. The van der Waals surface area contributed by atoms with Crippen molar-refractivity contribution < 1.29 is 27.4 Å². The molecule has 0 saturated heterocycles. The SMILES string of the molecule is CN(C)c1cc(Oc2nc(Oc3cc(C(=N)N)ccc3Cl)nc3c2NC(=O)C(CC2=CCC(=S(=O)=O)C=C2)O3)cc(C2=NCCN2)c1. The number of nitrogen functional groups attached to an aromatic ring is 1. The summed E-state index contributed by atoms with van der Waals surface area (Å²) in [5.74, 6) is 0.503. The zero-order valence-electron chi connectivity index (χ0n) is 25.2. The van der Waals surface area contributed by atoms with Gasteiger partial charge in [0.15, 0.2) is 11.8 Å². The van der Waals surface area contributed by atoms with Crippen molar-refractivity contribution >= 4 is 55.7 Å². The number of hydrogen-bond donors (Lipinski definition) is 4. The van der Waals surface area contributed by atoms with Crippen LogP contribution in [0.3, 0.4) is 0 Å². The molecule has 1 aliphatic carbocycles. The largest absolute Gasteiger partial charge is 0.462 e. The van der Waals surface area contributed by atoms with Gasteiger partial charge in [0.25, 0.3) is 11.8 Å². The predicted octanol–water partition coefficient (Wildman–Crippen LogP) is 3.44. The third kappa shape index (κ3) is 7.05. The summed E-state index contributed by atoms with van der Waals surface area (Å²) in [6.07, 6.45) is 4.20. The van der Waals surface area contributed by atoms with Crippen LogP contribution >= 0.6 is 11.6 Å². The number of fused-ring (bicyclic) bond motifs is 1. The molecule has 47 heavy (non-hydrogen) atoms. The molecule has 6 rings (SSSR count). The van der Waals surface area contributed by atoms with Gasteiger partial charge in [-0.05, 0) is 42.0 Å². The van der Waals surface area contributed by atoms with Crippen molar-refractivity contribution in [2.24, 2.45) is 10.7 Å². The first-order chi connectivity index (χ1) is 22.5. The number of rotatable bonds is 9. The van der Waals surface area contributed by atoms with Crippen molar-refractivity contribution in [3.05, 3.63) is 76.3 Å². The molecule has 0 radical (unpaired) electrons. The minimum absolute atomic E-state index is 0.0208. The lowest BCUT2D eigenvalue weighted by molar-refractivity contribution is -0.123. The third-order valence-electron chi connectivity index (χ3n) is 7.31. The molecule has 1 atom stereocenters. The predicted molar refractivity (Wildman–Crippen MR) is 178 cm³/mol. The lowest BCUT2D eigenvalue weighted by Crippen LogP contribution is -2.38. The first kappa shape index (κ1) is 31.6. The van der Waals surface area contributed by atoms with E-state index in [4.69, 9.17) is 37.0 Å². The Morgan fingerprint density at radius 3 is 2.68 bits per heavy atom. The maximum absolute atomic E-state index is 13.3. The van der Waals surface area contributed by atoms with Crippen LogP contribution in [0.25, 0.3) is 0 Å². The highest BCUT2D eigenvalue weighted by atomic mass is 35.5. The van der Waals surface area contributed by atoms with E-state index in [1.165, 1.54) is 18.2 Å². The highest BCUT2D eigenvalue weighted by molar-refractivity contribution is 7.73. The molecule has 242 valence electrons. The molecule has 16 heteroatoms. The Morgan fingerprint density at radius 1 is 1.17 bits per heavy atom. The summed E-state index contributed by atoms with van der Waals surface area (Å²) in [5.41, 5.74) is 8.46. The van der Waals surface area contributed by atoms with Crippen LogP contribution in [-0.2, 0) is 15.1 Å². The molecular weight excluding hydrogens is 648 g/mol. The highest BCUT2D eigenvalue weighted by Gasteiger charge is 2.34. The van der Waals surface area contributed by atoms with Crippen LogP contribution in [0.5, 0.6) is 29.3 Å². The monoisotopic (exact) mass is 676 g/mol. The topological polar surface area (TPSA) is 194 Å². The van der Waals surface area contributed by atoms with E-state index in [2.05, 4.69) is 25.6 Å². The third-order valence-corrected chi connectivity index (χ3v) is 8.36. The maximum atomic E-state index is 13.3. The molecular formula is C31H29ClN8O6S. The lowest BCUT2D eigenvalue weighted by Gasteiger charge is -2.27. The number of ether oxygens (including phenoxy) is 3. The highest BCUT2D eigenvalue weighted by Crippen LogP contribution is 2.42. The van der Waals surface area contributed by atoms with Crippen LogP contribution in [-0.4, -0.2) is 74.1 Å². The van der Waals surface area contributed by atoms with E-state index in [1.807, 2.05) is 25.1 Å². The van der Waals surface area contributed by atoms with Gasteiger partial charge in [0, 0.05) is 56.4 Å². The van der Waals surface area contributed by atoms with E-state index in [-0.39, 0.29) is 57.8 Å². The Kier molecular flexibility index (Phi) is 8.82. The van der Waals surface area contributed by atoms with Crippen LogP contribution in [0.15, 0.2) is 65.2 Å². The summed E-state index contributed by atoms with van der Waals surface area (Å²) >= 11 is 6.38. The Bertz CT molecular complexity index is 2040. The summed E-state index contributed by atoms with van der Waals surface area (Å²) in [4.78, 5) is 28.8. The Hall–Kier alpha value is -5.41. The smallest absolute Gasteiger partial charge is 0.328 e. The van der Waals surface area contributed by atoms with Gasteiger partial charge in [-0.15, -0.1) is 0 Å². The number of amides is 1. The fraction of sp³-hybridized carbons (Fsp3) is 0.226. The van der Waals surface area contributed by atoms with Crippen molar-refractivity contribution in [2.75, 3.05) is 37.4 Å². The Balaban J connectivity index is 1.38. The van der Waals surface area contributed by atoms with Gasteiger partial charge in [-0.25, -0.2) is 0 Å². The van der Waals surface area contributed by atoms with E-state index in [0.717, 1.165) is 23.6 Å². The minimum atomic E-state index is -2.32. The average molecular weight is 677 g/mol. The number of benzene rings is 2. The second kappa shape index (κ2) is 13.1. The zero-order valence-corrected chi connectivity index (χ0v) is 26.8. The van der Waals surface area contributed by atoms with Gasteiger partial charge in [-0.1, -0.05) is 23.8 Å². The molecule has 3 heterocycles. The fourth-order valence-electron chi connectivity index (χ4n) is 4.88. The van der Waals surface area contributed by atoms with Gasteiger partial charge in [-0.3, -0.25) is 15.2 Å². The quantitative estimate of drug-likeness (QED) is 0.147. The summed E-state index contributed by atoms with van der Waals surface area (Å²) in [5, 5.41) is 14.1. The van der Waals surface area contributed by atoms with Gasteiger partial charge in [-0.2, -0.15) is 18.4 Å². The molecule has 0 bridgehead atoms. The number of anilines is 2. The van der Waals surface area contributed by atoms with Crippen LogP contribution in [0.1, 0.15) is 24.0 Å². The van der Waals surface area contributed by atoms with Crippen LogP contribution in [0.2, 0.25) is 5.02 Å². The molecule has 5 N–H and O–H groups in total. The van der Waals surface area contributed by atoms with Crippen molar-refractivity contribution in [1.82, 2.24) is 15.3 Å². The number of hydrogen-bond acceptors (Lipinski definition) is 12. The number of nitrogens with zero attached hydrogens (tertiary/aromatic N) is 4. The zero-order chi connectivity index (χ0) is 33.2. The molecule has 3 aromatic rings. The molecule has 0 spiro atoms. The number of aliphatic imine (C=N–C) groups is 1. The van der Waals surface area contributed by atoms with E-state index in [0.29, 0.717) is 23.4 Å². The number of allylic oxidation sites excluding steroid dienone is 3.